The van der Waals surface area contributed by atoms with Gasteiger partial charge in [0.1, 0.15) is 9.71 Å². The molecule has 0 aliphatic heterocycles. The van der Waals surface area contributed by atoms with E-state index in [0.29, 0.717) is 16.0 Å². The molecule has 0 saturated carbocycles. The van der Waals surface area contributed by atoms with Crippen LogP contribution in [-0.2, 0) is 4.74 Å². The highest BCUT2D eigenvalue weighted by Crippen LogP contribution is 2.38. The SMILES string of the molecule is CCOC(=O)c1sc2c(c(C)cc(=O)n2-c2ccccc2)c1Br. The summed E-state index contributed by atoms with van der Waals surface area (Å²) in [4.78, 5) is 25.9. The summed E-state index contributed by atoms with van der Waals surface area (Å²) in [6, 6.07) is 11.0. The number of fused-ring (bicyclic) bond motifs is 1. The average molecular weight is 392 g/mol. The van der Waals surface area contributed by atoms with Crippen LogP contribution in [0.4, 0.5) is 0 Å². The largest absolute Gasteiger partial charge is 0.462 e. The van der Waals surface area contributed by atoms with Gasteiger partial charge in [0.15, 0.2) is 0 Å². The molecule has 2 heterocycles. The van der Waals surface area contributed by atoms with Gasteiger partial charge in [-0.05, 0) is 47.5 Å². The van der Waals surface area contributed by atoms with Gasteiger partial charge in [0, 0.05) is 11.5 Å². The molecule has 0 aliphatic rings. The van der Waals surface area contributed by atoms with E-state index >= 15 is 0 Å². The number of pyridine rings is 1. The van der Waals surface area contributed by atoms with Crippen LogP contribution >= 0.6 is 27.3 Å². The molecule has 0 spiro atoms. The monoisotopic (exact) mass is 391 g/mol. The lowest BCUT2D eigenvalue weighted by molar-refractivity contribution is 0.0531. The van der Waals surface area contributed by atoms with Crippen LogP contribution in [-0.4, -0.2) is 17.1 Å². The van der Waals surface area contributed by atoms with Crippen molar-refractivity contribution in [2.45, 2.75) is 13.8 Å². The third kappa shape index (κ3) is 2.72. The predicted molar refractivity (Wildman–Crippen MR) is 95.8 cm³/mol. The maximum Gasteiger partial charge on any atom is 0.349 e. The van der Waals surface area contributed by atoms with Crippen LogP contribution in [0.25, 0.3) is 15.9 Å². The van der Waals surface area contributed by atoms with E-state index in [2.05, 4.69) is 15.9 Å². The van der Waals surface area contributed by atoms with Crippen molar-refractivity contribution < 1.29 is 9.53 Å². The minimum atomic E-state index is -0.382. The molecule has 0 radical (unpaired) electrons. The molecule has 0 bridgehead atoms. The summed E-state index contributed by atoms with van der Waals surface area (Å²) < 4.78 is 7.41. The highest BCUT2D eigenvalue weighted by molar-refractivity contribution is 9.10. The fourth-order valence-corrected chi connectivity index (χ4v) is 4.69. The molecule has 0 unspecified atom stereocenters. The van der Waals surface area contributed by atoms with Crippen LogP contribution in [0.2, 0.25) is 0 Å². The van der Waals surface area contributed by atoms with E-state index in [-0.39, 0.29) is 11.5 Å². The van der Waals surface area contributed by atoms with Crippen LogP contribution in [0.1, 0.15) is 22.2 Å². The zero-order valence-corrected chi connectivity index (χ0v) is 15.0. The minimum Gasteiger partial charge on any atom is -0.462 e. The maximum atomic E-state index is 12.5. The molecule has 4 nitrogen and oxygen atoms in total. The van der Waals surface area contributed by atoms with Crippen molar-refractivity contribution >= 4 is 43.5 Å². The number of halogens is 1. The Morgan fingerprint density at radius 1 is 1.30 bits per heavy atom. The van der Waals surface area contributed by atoms with Crippen LogP contribution in [0.15, 0.2) is 45.7 Å². The van der Waals surface area contributed by atoms with Gasteiger partial charge in [-0.3, -0.25) is 9.36 Å². The molecule has 0 aliphatic carbocycles. The Balaban J connectivity index is 2.36. The molecule has 6 heteroatoms. The van der Waals surface area contributed by atoms with Gasteiger partial charge in [0.2, 0.25) is 0 Å². The van der Waals surface area contributed by atoms with Crippen molar-refractivity contribution in [2.75, 3.05) is 6.61 Å². The molecule has 3 aromatic rings. The van der Waals surface area contributed by atoms with Crippen LogP contribution in [0.3, 0.4) is 0 Å². The lowest BCUT2D eigenvalue weighted by Crippen LogP contribution is -2.17. The van der Waals surface area contributed by atoms with Gasteiger partial charge in [-0.2, -0.15) is 0 Å². The first-order chi connectivity index (χ1) is 11.0. The number of hydrogen-bond donors (Lipinski definition) is 0. The van der Waals surface area contributed by atoms with E-state index in [9.17, 15) is 9.59 Å². The summed E-state index contributed by atoms with van der Waals surface area (Å²) >= 11 is 4.76. The normalized spacial score (nSPS) is 10.9. The van der Waals surface area contributed by atoms with Crippen LogP contribution in [0, 0.1) is 6.92 Å². The molecule has 0 amide bonds. The van der Waals surface area contributed by atoms with Crippen molar-refractivity contribution in [3.8, 4) is 5.69 Å². The second-order valence-electron chi connectivity index (χ2n) is 4.98. The van der Waals surface area contributed by atoms with E-state index < -0.39 is 0 Å². The minimum absolute atomic E-state index is 0.120. The number of rotatable bonds is 3. The Bertz CT molecular complexity index is 944. The molecule has 0 N–H and O–H groups in total. The number of ether oxygens (including phenoxy) is 1. The molecule has 0 atom stereocenters. The second-order valence-corrected chi connectivity index (χ2v) is 6.77. The molecule has 0 fully saturated rings. The zero-order chi connectivity index (χ0) is 16.6. The van der Waals surface area contributed by atoms with Crippen molar-refractivity contribution in [3.05, 3.63) is 61.7 Å². The summed E-state index contributed by atoms with van der Waals surface area (Å²) in [5.41, 5.74) is 1.48. The molecule has 2 aromatic heterocycles. The summed E-state index contributed by atoms with van der Waals surface area (Å²) in [5.74, 6) is -0.382. The van der Waals surface area contributed by atoms with E-state index in [1.165, 1.54) is 11.3 Å². The van der Waals surface area contributed by atoms with Crippen LogP contribution < -0.4 is 5.56 Å². The van der Waals surface area contributed by atoms with Crippen molar-refractivity contribution in [1.82, 2.24) is 4.57 Å². The molecule has 118 valence electrons. The lowest BCUT2D eigenvalue weighted by atomic mass is 10.2. The zero-order valence-electron chi connectivity index (χ0n) is 12.6. The standard InChI is InChI=1S/C17H14BrNO3S/c1-3-22-17(21)15-14(18)13-10(2)9-12(20)19(16(13)23-15)11-7-5-4-6-8-11/h4-9H,3H2,1-2H3. The highest BCUT2D eigenvalue weighted by atomic mass is 79.9. The van der Waals surface area contributed by atoms with Gasteiger partial charge in [0.05, 0.1) is 16.8 Å². The molecule has 3 rings (SSSR count). The number of benzene rings is 1. The number of carbonyl (C=O) groups excluding carboxylic acids is 1. The van der Waals surface area contributed by atoms with Gasteiger partial charge < -0.3 is 4.74 Å². The maximum absolute atomic E-state index is 12.5. The summed E-state index contributed by atoms with van der Waals surface area (Å²) in [5, 5.41) is 0.863. The lowest BCUT2D eigenvalue weighted by Gasteiger charge is -2.08. The van der Waals surface area contributed by atoms with Crippen LogP contribution in [0.5, 0.6) is 0 Å². The number of carbonyl (C=O) groups is 1. The Labute approximate surface area is 145 Å². The second kappa shape index (κ2) is 6.29. The van der Waals surface area contributed by atoms with Gasteiger partial charge in [-0.15, -0.1) is 11.3 Å². The van der Waals surface area contributed by atoms with Gasteiger partial charge in [-0.25, -0.2) is 4.79 Å². The average Bonchev–Trinajstić information content (AvgIpc) is 2.86. The van der Waals surface area contributed by atoms with Crippen molar-refractivity contribution in [1.29, 1.82) is 0 Å². The number of hydrogen-bond acceptors (Lipinski definition) is 4. The van der Waals surface area contributed by atoms with Crippen molar-refractivity contribution in [3.63, 3.8) is 0 Å². The van der Waals surface area contributed by atoms with Gasteiger partial charge in [-0.1, -0.05) is 18.2 Å². The summed E-state index contributed by atoms with van der Waals surface area (Å²) in [6.45, 7) is 3.94. The van der Waals surface area contributed by atoms with Crippen molar-refractivity contribution in [2.24, 2.45) is 0 Å². The fraction of sp³-hybridized carbons (Fsp3) is 0.176. The Morgan fingerprint density at radius 3 is 2.65 bits per heavy atom. The summed E-state index contributed by atoms with van der Waals surface area (Å²) in [7, 11) is 0. The number of nitrogens with zero attached hydrogens (tertiary/aromatic N) is 1. The topological polar surface area (TPSA) is 48.3 Å². The summed E-state index contributed by atoms with van der Waals surface area (Å²) in [6.07, 6.45) is 0. The smallest absolute Gasteiger partial charge is 0.349 e. The number of esters is 1. The quantitative estimate of drug-likeness (QED) is 0.625. The highest BCUT2D eigenvalue weighted by Gasteiger charge is 2.22. The molecular weight excluding hydrogens is 378 g/mol. The van der Waals surface area contributed by atoms with E-state index in [1.807, 2.05) is 37.3 Å². The Hall–Kier alpha value is -1.92. The molecule has 0 saturated heterocycles. The predicted octanol–water partition coefficient (Wildman–Crippen LogP) is 4.30. The Kier molecular flexibility index (Phi) is 4.37. The number of thiophene rings is 1. The van der Waals surface area contributed by atoms with E-state index in [1.54, 1.807) is 17.6 Å². The van der Waals surface area contributed by atoms with Gasteiger partial charge >= 0.3 is 5.97 Å². The Morgan fingerprint density at radius 2 is 2.00 bits per heavy atom. The molecule has 23 heavy (non-hydrogen) atoms. The van der Waals surface area contributed by atoms with Gasteiger partial charge in [0.25, 0.3) is 5.56 Å². The van der Waals surface area contributed by atoms with E-state index in [4.69, 9.17) is 4.74 Å². The van der Waals surface area contributed by atoms with E-state index in [0.717, 1.165) is 21.5 Å². The fourth-order valence-electron chi connectivity index (χ4n) is 2.47. The number of aryl methyl sites for hydroxylation is 1. The number of para-hydroxylation sites is 1. The molecule has 1 aromatic carbocycles. The first-order valence-electron chi connectivity index (χ1n) is 7.11. The third-order valence-electron chi connectivity index (χ3n) is 3.46. The third-order valence-corrected chi connectivity index (χ3v) is 5.67. The first-order valence-corrected chi connectivity index (χ1v) is 8.72. The molecular formula is C17H14BrNO3S. The first kappa shape index (κ1) is 16.0. The number of aromatic nitrogens is 1.